The van der Waals surface area contributed by atoms with E-state index in [1.807, 2.05) is 34.9 Å². The number of benzene rings is 2. The zero-order valence-electron chi connectivity index (χ0n) is 16.6. The highest BCUT2D eigenvalue weighted by Gasteiger charge is 2.24. The van der Waals surface area contributed by atoms with E-state index in [2.05, 4.69) is 0 Å². The lowest BCUT2D eigenvalue weighted by atomic mass is 10.1. The number of Topliss-reactive ketones (excluding diaryl/α,β-unsaturated/α-hetero) is 1. The van der Waals surface area contributed by atoms with Crippen LogP contribution in [-0.2, 0) is 11.2 Å². The molecule has 1 aliphatic heterocycles. The zero-order valence-corrected chi connectivity index (χ0v) is 16.6. The Hall–Kier alpha value is -3.15. The Bertz CT molecular complexity index is 1080. The first-order valence-corrected chi connectivity index (χ1v) is 9.72. The number of carbonyl (C=O) groups is 2. The monoisotopic (exact) mass is 394 g/mol. The van der Waals surface area contributed by atoms with Gasteiger partial charge in [0, 0.05) is 42.7 Å². The van der Waals surface area contributed by atoms with Crippen LogP contribution < -0.4 is 4.90 Å². The van der Waals surface area contributed by atoms with Crippen molar-refractivity contribution in [3.63, 3.8) is 0 Å². The van der Waals surface area contributed by atoms with E-state index in [-0.39, 0.29) is 18.1 Å². The SMILES string of the molecule is CC(=O)c1ccc(N2CCN(C(=O)Cc3coc4cc(C)ccc34)CC2)c(F)c1. The first kappa shape index (κ1) is 19.2. The van der Waals surface area contributed by atoms with Crippen LogP contribution in [-0.4, -0.2) is 42.8 Å². The molecular weight excluding hydrogens is 371 g/mol. The Kier molecular flexibility index (Phi) is 5.09. The van der Waals surface area contributed by atoms with Crippen molar-refractivity contribution in [2.24, 2.45) is 0 Å². The molecule has 3 aromatic rings. The number of hydrogen-bond acceptors (Lipinski definition) is 4. The Balaban J connectivity index is 1.40. The summed E-state index contributed by atoms with van der Waals surface area (Å²) in [6.45, 7) is 5.58. The summed E-state index contributed by atoms with van der Waals surface area (Å²) in [5.41, 5.74) is 3.63. The number of anilines is 1. The fraction of sp³-hybridized carbons (Fsp3) is 0.304. The summed E-state index contributed by atoms with van der Waals surface area (Å²) in [5.74, 6) is -0.522. The van der Waals surface area contributed by atoms with Crippen molar-refractivity contribution in [1.82, 2.24) is 4.90 Å². The van der Waals surface area contributed by atoms with Crippen molar-refractivity contribution in [2.45, 2.75) is 20.3 Å². The lowest BCUT2D eigenvalue weighted by molar-refractivity contribution is -0.130. The van der Waals surface area contributed by atoms with Gasteiger partial charge in [0.05, 0.1) is 18.4 Å². The highest BCUT2D eigenvalue weighted by molar-refractivity contribution is 5.94. The molecule has 5 nitrogen and oxygen atoms in total. The molecule has 0 bridgehead atoms. The maximum atomic E-state index is 14.4. The Morgan fingerprint density at radius 3 is 2.52 bits per heavy atom. The molecule has 1 aromatic heterocycles. The van der Waals surface area contributed by atoms with Crippen LogP contribution in [0.5, 0.6) is 0 Å². The molecule has 29 heavy (non-hydrogen) atoms. The number of hydrogen-bond donors (Lipinski definition) is 0. The third-order valence-electron chi connectivity index (χ3n) is 5.48. The molecule has 0 atom stereocenters. The van der Waals surface area contributed by atoms with Gasteiger partial charge >= 0.3 is 0 Å². The largest absolute Gasteiger partial charge is 0.464 e. The van der Waals surface area contributed by atoms with Crippen LogP contribution in [0.25, 0.3) is 11.0 Å². The van der Waals surface area contributed by atoms with Crippen LogP contribution in [0.3, 0.4) is 0 Å². The number of carbonyl (C=O) groups excluding carboxylic acids is 2. The normalized spacial score (nSPS) is 14.4. The van der Waals surface area contributed by atoms with Crippen LogP contribution in [0.4, 0.5) is 10.1 Å². The number of halogens is 1. The molecule has 0 spiro atoms. The van der Waals surface area contributed by atoms with E-state index in [9.17, 15) is 14.0 Å². The van der Waals surface area contributed by atoms with Crippen molar-refractivity contribution in [3.8, 4) is 0 Å². The number of amides is 1. The summed E-state index contributed by atoms with van der Waals surface area (Å²) in [5, 5.41) is 0.968. The Morgan fingerprint density at radius 1 is 1.07 bits per heavy atom. The van der Waals surface area contributed by atoms with Crippen LogP contribution in [0.2, 0.25) is 0 Å². The van der Waals surface area contributed by atoms with Gasteiger partial charge in [-0.25, -0.2) is 4.39 Å². The number of furan rings is 1. The summed E-state index contributed by atoms with van der Waals surface area (Å²) < 4.78 is 20.0. The minimum atomic E-state index is -0.405. The first-order valence-electron chi connectivity index (χ1n) is 9.72. The van der Waals surface area contributed by atoms with E-state index in [0.29, 0.717) is 37.4 Å². The van der Waals surface area contributed by atoms with Crippen molar-refractivity contribution in [3.05, 3.63) is 65.2 Å². The second-order valence-corrected chi connectivity index (χ2v) is 7.53. The van der Waals surface area contributed by atoms with Crippen LogP contribution >= 0.6 is 0 Å². The lowest BCUT2D eigenvalue weighted by Crippen LogP contribution is -2.49. The molecule has 1 saturated heterocycles. The van der Waals surface area contributed by atoms with Crippen LogP contribution in [0, 0.1) is 12.7 Å². The van der Waals surface area contributed by atoms with Gasteiger partial charge in [-0.2, -0.15) is 0 Å². The third-order valence-corrected chi connectivity index (χ3v) is 5.48. The number of nitrogens with zero attached hydrogens (tertiary/aromatic N) is 2. The quantitative estimate of drug-likeness (QED) is 0.629. The number of ketones is 1. The average molecular weight is 394 g/mol. The summed E-state index contributed by atoms with van der Waals surface area (Å²) in [6.07, 6.45) is 1.95. The predicted molar refractivity (Wildman–Crippen MR) is 110 cm³/mol. The lowest BCUT2D eigenvalue weighted by Gasteiger charge is -2.36. The number of fused-ring (bicyclic) bond motifs is 1. The molecule has 6 heteroatoms. The van der Waals surface area contributed by atoms with Gasteiger partial charge in [0.1, 0.15) is 11.4 Å². The Morgan fingerprint density at radius 2 is 1.83 bits per heavy atom. The van der Waals surface area contributed by atoms with E-state index in [0.717, 1.165) is 22.1 Å². The standard InChI is InChI=1S/C23H23FN2O3/c1-15-3-5-19-18(14-29-22(19)11-15)13-23(28)26-9-7-25(8-10-26)21-6-4-17(16(2)27)12-20(21)24/h3-6,11-12,14H,7-10,13H2,1-2H3. The van der Waals surface area contributed by atoms with Gasteiger partial charge < -0.3 is 14.2 Å². The van der Waals surface area contributed by atoms with Gasteiger partial charge in [0.2, 0.25) is 5.91 Å². The molecule has 0 N–H and O–H groups in total. The van der Waals surface area contributed by atoms with Gasteiger partial charge in [-0.1, -0.05) is 12.1 Å². The molecule has 1 fully saturated rings. The van der Waals surface area contributed by atoms with E-state index < -0.39 is 5.82 Å². The average Bonchev–Trinajstić information content (AvgIpc) is 3.09. The second kappa shape index (κ2) is 7.70. The van der Waals surface area contributed by atoms with Gasteiger partial charge in [0.25, 0.3) is 0 Å². The first-order chi connectivity index (χ1) is 13.9. The molecule has 1 aliphatic rings. The molecule has 2 aromatic carbocycles. The minimum Gasteiger partial charge on any atom is -0.464 e. The molecule has 1 amide bonds. The number of rotatable bonds is 4. The van der Waals surface area contributed by atoms with Crippen molar-refractivity contribution in [2.75, 3.05) is 31.1 Å². The van der Waals surface area contributed by atoms with Gasteiger partial charge in [-0.15, -0.1) is 0 Å². The topological polar surface area (TPSA) is 53.8 Å². The number of piperazine rings is 1. The smallest absolute Gasteiger partial charge is 0.227 e. The molecular formula is C23H23FN2O3. The van der Waals surface area contributed by atoms with Gasteiger partial charge in [-0.05, 0) is 43.7 Å². The molecule has 0 saturated carbocycles. The molecule has 0 unspecified atom stereocenters. The van der Waals surface area contributed by atoms with E-state index in [1.54, 1.807) is 18.4 Å². The molecule has 0 radical (unpaired) electrons. The second-order valence-electron chi connectivity index (χ2n) is 7.53. The fourth-order valence-corrected chi connectivity index (χ4v) is 3.78. The fourth-order valence-electron chi connectivity index (χ4n) is 3.78. The third kappa shape index (κ3) is 3.88. The predicted octanol–water partition coefficient (Wildman–Crippen LogP) is 3.97. The summed E-state index contributed by atoms with van der Waals surface area (Å²) in [4.78, 5) is 27.9. The zero-order chi connectivity index (χ0) is 20.5. The molecule has 0 aliphatic carbocycles. The molecule has 150 valence electrons. The summed E-state index contributed by atoms with van der Waals surface area (Å²) in [6, 6.07) is 10.5. The highest BCUT2D eigenvalue weighted by atomic mass is 19.1. The maximum absolute atomic E-state index is 14.4. The van der Waals surface area contributed by atoms with E-state index in [1.165, 1.54) is 13.0 Å². The maximum Gasteiger partial charge on any atom is 0.227 e. The Labute approximate surface area is 168 Å². The van der Waals surface area contributed by atoms with Crippen molar-refractivity contribution < 1.29 is 18.4 Å². The number of aryl methyl sites for hydroxylation is 1. The molecule has 2 heterocycles. The molecule has 4 rings (SSSR count). The van der Waals surface area contributed by atoms with Gasteiger partial charge in [0.15, 0.2) is 5.78 Å². The highest BCUT2D eigenvalue weighted by Crippen LogP contribution is 2.25. The van der Waals surface area contributed by atoms with Crippen molar-refractivity contribution in [1.29, 1.82) is 0 Å². The van der Waals surface area contributed by atoms with Crippen LogP contribution in [0.1, 0.15) is 28.4 Å². The van der Waals surface area contributed by atoms with Crippen molar-refractivity contribution >= 4 is 28.3 Å². The summed E-state index contributed by atoms with van der Waals surface area (Å²) >= 11 is 0. The minimum absolute atomic E-state index is 0.0420. The van der Waals surface area contributed by atoms with E-state index >= 15 is 0 Å². The van der Waals surface area contributed by atoms with Gasteiger partial charge in [-0.3, -0.25) is 9.59 Å². The van der Waals surface area contributed by atoms with E-state index in [4.69, 9.17) is 4.42 Å². The van der Waals surface area contributed by atoms with Crippen LogP contribution in [0.15, 0.2) is 47.1 Å². The summed E-state index contributed by atoms with van der Waals surface area (Å²) in [7, 11) is 0.